The molecule has 41 heavy (non-hydrogen) atoms. The van der Waals surface area contributed by atoms with Crippen molar-refractivity contribution in [1.82, 2.24) is 10.2 Å². The highest BCUT2D eigenvalue weighted by Crippen LogP contribution is 2.30. The van der Waals surface area contributed by atoms with Crippen LogP contribution in [0.25, 0.3) is 0 Å². The van der Waals surface area contributed by atoms with Gasteiger partial charge in [0, 0.05) is 19.2 Å². The minimum Gasteiger partial charge on any atom is -0.492 e. The lowest BCUT2D eigenvalue weighted by Crippen LogP contribution is -2.44. The van der Waals surface area contributed by atoms with Gasteiger partial charge in [-0.2, -0.15) is 0 Å². The molecule has 4 rings (SSSR count). The van der Waals surface area contributed by atoms with E-state index < -0.39 is 11.9 Å². The van der Waals surface area contributed by atoms with Crippen LogP contribution in [0.4, 0.5) is 5.69 Å². The molecule has 1 heterocycles. The van der Waals surface area contributed by atoms with Gasteiger partial charge in [-0.25, -0.2) is 0 Å². The zero-order valence-corrected chi connectivity index (χ0v) is 23.3. The smallest absolute Gasteiger partial charge is 0.302 e. The number of anilines is 1. The lowest BCUT2D eigenvalue weighted by molar-refractivity contribution is -0.141. The number of benzene rings is 3. The average Bonchev–Trinajstić information content (AvgIpc) is 3.10. The van der Waals surface area contributed by atoms with Gasteiger partial charge in [-0.3, -0.25) is 24.1 Å². The van der Waals surface area contributed by atoms with E-state index in [1.165, 1.54) is 28.9 Å². The number of nitrogens with zero attached hydrogens (tertiary/aromatic N) is 2. The Morgan fingerprint density at radius 2 is 1.61 bits per heavy atom. The summed E-state index contributed by atoms with van der Waals surface area (Å²) in [6, 6.07) is 21.0. The number of rotatable bonds is 11. The maximum absolute atomic E-state index is 13.6. The van der Waals surface area contributed by atoms with Crippen LogP contribution in [0.3, 0.4) is 0 Å². The molecular weight excluding hydrogens is 550 g/mol. The van der Waals surface area contributed by atoms with E-state index in [-0.39, 0.29) is 68.4 Å². The molecule has 0 unspecified atom stereocenters. The molecule has 0 saturated heterocycles. The quantitative estimate of drug-likeness (QED) is 0.273. The van der Waals surface area contributed by atoms with Crippen molar-refractivity contribution in [3.8, 4) is 11.5 Å². The maximum Gasteiger partial charge on any atom is 0.302 e. The second-order valence-corrected chi connectivity index (χ2v) is 9.52. The predicted molar refractivity (Wildman–Crippen MR) is 152 cm³/mol. The third-order valence-electron chi connectivity index (χ3n) is 6.13. The van der Waals surface area contributed by atoms with E-state index in [0.717, 1.165) is 0 Å². The number of ether oxygens (including phenoxy) is 3. The summed E-state index contributed by atoms with van der Waals surface area (Å²) >= 11 is 6.44. The molecule has 1 aliphatic heterocycles. The van der Waals surface area contributed by atoms with Crippen LogP contribution in [-0.2, 0) is 25.7 Å². The minimum absolute atomic E-state index is 0.0797. The zero-order valence-electron chi connectivity index (χ0n) is 22.5. The Labute approximate surface area is 242 Å². The van der Waals surface area contributed by atoms with Gasteiger partial charge in [-0.15, -0.1) is 0 Å². The molecule has 0 spiro atoms. The summed E-state index contributed by atoms with van der Waals surface area (Å²) in [5, 5.41) is 2.91. The molecule has 214 valence electrons. The molecule has 1 aliphatic rings. The first-order chi connectivity index (χ1) is 19.8. The summed E-state index contributed by atoms with van der Waals surface area (Å²) < 4.78 is 16.0. The third-order valence-corrected chi connectivity index (χ3v) is 6.45. The highest BCUT2D eigenvalue weighted by molar-refractivity contribution is 6.34. The van der Waals surface area contributed by atoms with Crippen LogP contribution in [0.15, 0.2) is 72.8 Å². The number of halogens is 1. The molecule has 0 fully saturated rings. The molecule has 3 amide bonds. The molecule has 0 aromatic heterocycles. The van der Waals surface area contributed by atoms with Crippen LogP contribution < -0.4 is 19.7 Å². The summed E-state index contributed by atoms with van der Waals surface area (Å²) in [7, 11) is 0. The Morgan fingerprint density at radius 3 is 2.37 bits per heavy atom. The topological polar surface area (TPSA) is 114 Å². The Hall–Kier alpha value is -4.57. The van der Waals surface area contributed by atoms with Crippen molar-refractivity contribution in [3.63, 3.8) is 0 Å². The van der Waals surface area contributed by atoms with E-state index in [4.69, 9.17) is 25.8 Å². The Kier molecular flexibility index (Phi) is 10.2. The second kappa shape index (κ2) is 14.2. The first-order valence-electron chi connectivity index (χ1n) is 13.0. The molecule has 0 saturated carbocycles. The third kappa shape index (κ3) is 8.21. The lowest BCUT2D eigenvalue weighted by atomic mass is 10.1. The monoisotopic (exact) mass is 579 g/mol. The van der Waals surface area contributed by atoms with Crippen LogP contribution in [-0.4, -0.2) is 68.0 Å². The molecule has 3 aromatic rings. The van der Waals surface area contributed by atoms with Gasteiger partial charge < -0.3 is 24.4 Å². The van der Waals surface area contributed by atoms with Crippen LogP contribution in [0.5, 0.6) is 11.5 Å². The Morgan fingerprint density at radius 1 is 0.878 bits per heavy atom. The fourth-order valence-electron chi connectivity index (χ4n) is 4.20. The molecule has 1 N–H and O–H groups in total. The SMILES string of the molecule is CC(=O)OCCOc1ccc(C(=O)N2CC(=O)N(CC(=O)NCCOc3ccccc3)Cc3ccccc32)c(Cl)c1. The van der Waals surface area contributed by atoms with Crippen molar-refractivity contribution in [2.75, 3.05) is 44.4 Å². The van der Waals surface area contributed by atoms with E-state index in [1.807, 2.05) is 42.5 Å². The van der Waals surface area contributed by atoms with Crippen molar-refractivity contribution in [3.05, 3.63) is 88.9 Å². The molecule has 3 aromatic carbocycles. The maximum atomic E-state index is 13.6. The number of carbonyl (C=O) groups excluding carboxylic acids is 4. The number of para-hydroxylation sites is 2. The molecule has 0 radical (unpaired) electrons. The number of carbonyl (C=O) groups is 4. The van der Waals surface area contributed by atoms with E-state index in [0.29, 0.717) is 22.7 Å². The summed E-state index contributed by atoms with van der Waals surface area (Å²) in [6.07, 6.45) is 0. The van der Waals surface area contributed by atoms with Crippen molar-refractivity contribution in [2.45, 2.75) is 13.5 Å². The van der Waals surface area contributed by atoms with Gasteiger partial charge in [0.1, 0.15) is 37.9 Å². The van der Waals surface area contributed by atoms with Crippen LogP contribution in [0, 0.1) is 0 Å². The van der Waals surface area contributed by atoms with Crippen molar-refractivity contribution in [1.29, 1.82) is 0 Å². The standard InChI is InChI=1S/C30H30ClN3O7/c1-21(35)39-15-16-41-24-11-12-25(26(31)17-24)30(38)34-20-29(37)33(18-22-7-5-6-10-27(22)34)19-28(36)32-13-14-40-23-8-3-2-4-9-23/h2-12,17H,13-16,18-20H2,1H3,(H,32,36). The summed E-state index contributed by atoms with van der Waals surface area (Å²) in [5.74, 6) is -0.491. The zero-order chi connectivity index (χ0) is 29.2. The first-order valence-corrected chi connectivity index (χ1v) is 13.4. The first kappa shape index (κ1) is 29.4. The second-order valence-electron chi connectivity index (χ2n) is 9.11. The number of esters is 1. The molecule has 0 bridgehead atoms. The fraction of sp³-hybridized carbons (Fsp3) is 0.267. The average molecular weight is 580 g/mol. The van der Waals surface area contributed by atoms with Gasteiger partial charge in [0.25, 0.3) is 5.91 Å². The highest BCUT2D eigenvalue weighted by atomic mass is 35.5. The number of fused-ring (bicyclic) bond motifs is 1. The highest BCUT2D eigenvalue weighted by Gasteiger charge is 2.31. The number of hydrogen-bond donors (Lipinski definition) is 1. The minimum atomic E-state index is -0.466. The Bertz CT molecular complexity index is 1400. The van der Waals surface area contributed by atoms with Crippen molar-refractivity contribution >= 4 is 41.0 Å². The van der Waals surface area contributed by atoms with Crippen LogP contribution in [0.1, 0.15) is 22.8 Å². The number of hydrogen-bond acceptors (Lipinski definition) is 7. The molecule has 0 atom stereocenters. The Balaban J connectivity index is 1.39. The molecule has 11 heteroatoms. The van der Waals surface area contributed by atoms with Gasteiger partial charge in [0.15, 0.2) is 0 Å². The van der Waals surface area contributed by atoms with E-state index >= 15 is 0 Å². The van der Waals surface area contributed by atoms with E-state index in [2.05, 4.69) is 5.32 Å². The van der Waals surface area contributed by atoms with Crippen molar-refractivity contribution in [2.24, 2.45) is 0 Å². The van der Waals surface area contributed by atoms with Gasteiger partial charge in [-0.05, 0) is 42.0 Å². The van der Waals surface area contributed by atoms with Gasteiger partial charge >= 0.3 is 5.97 Å². The van der Waals surface area contributed by atoms with E-state index in [1.54, 1.807) is 18.2 Å². The van der Waals surface area contributed by atoms with Crippen molar-refractivity contribution < 1.29 is 33.4 Å². The van der Waals surface area contributed by atoms with Crippen LogP contribution >= 0.6 is 11.6 Å². The van der Waals surface area contributed by atoms with Crippen LogP contribution in [0.2, 0.25) is 5.02 Å². The summed E-state index contributed by atoms with van der Waals surface area (Å²) in [5.41, 5.74) is 1.46. The molecular formula is C30H30ClN3O7. The molecule has 0 aliphatic carbocycles. The number of nitrogens with one attached hydrogen (secondary N) is 1. The van der Waals surface area contributed by atoms with Gasteiger partial charge in [0.05, 0.1) is 23.7 Å². The predicted octanol–water partition coefficient (Wildman–Crippen LogP) is 3.47. The normalized spacial score (nSPS) is 12.7. The van der Waals surface area contributed by atoms with Gasteiger partial charge in [-0.1, -0.05) is 48.0 Å². The van der Waals surface area contributed by atoms with E-state index in [9.17, 15) is 19.2 Å². The number of amides is 3. The van der Waals surface area contributed by atoms with Gasteiger partial charge in [0.2, 0.25) is 11.8 Å². The summed E-state index contributed by atoms with van der Waals surface area (Å²) in [4.78, 5) is 53.2. The largest absolute Gasteiger partial charge is 0.492 e. The summed E-state index contributed by atoms with van der Waals surface area (Å²) in [6.45, 7) is 1.80. The molecule has 10 nitrogen and oxygen atoms in total. The lowest BCUT2D eigenvalue weighted by Gasteiger charge is -2.23. The fourth-order valence-corrected chi connectivity index (χ4v) is 4.45.